The summed E-state index contributed by atoms with van der Waals surface area (Å²) < 4.78 is 5.82. The molecule has 4 rings (SSSR count). The Morgan fingerprint density at radius 3 is 2.77 bits per heavy atom. The van der Waals surface area contributed by atoms with Gasteiger partial charge in [0.2, 0.25) is 5.88 Å². The summed E-state index contributed by atoms with van der Waals surface area (Å²) >= 11 is 11.2. The number of hydrogen-bond donors (Lipinski definition) is 3. The molecule has 0 saturated carbocycles. The third-order valence-corrected chi connectivity index (χ3v) is 9.05. The highest BCUT2D eigenvalue weighted by molar-refractivity contribution is 8.01. The van der Waals surface area contributed by atoms with E-state index >= 15 is 0 Å². The Balaban J connectivity index is 1.51. The molecule has 0 radical (unpaired) electrons. The first-order chi connectivity index (χ1) is 16.7. The van der Waals surface area contributed by atoms with Gasteiger partial charge in [-0.2, -0.15) is 0 Å². The molecule has 35 heavy (non-hydrogen) atoms. The topological polar surface area (TPSA) is 182 Å². The van der Waals surface area contributed by atoms with Crippen molar-refractivity contribution in [2.75, 3.05) is 24.3 Å². The van der Waals surface area contributed by atoms with Gasteiger partial charge >= 0.3 is 6.16 Å². The monoisotopic (exact) mass is 577 g/mol. The predicted molar refractivity (Wildman–Crippen MR) is 132 cm³/mol. The maximum Gasteiger partial charge on any atom is 0.512 e. The zero-order valence-electron chi connectivity index (χ0n) is 17.9. The van der Waals surface area contributed by atoms with E-state index in [-0.39, 0.29) is 26.8 Å². The number of rotatable bonds is 8. The highest BCUT2D eigenvalue weighted by Crippen LogP contribution is 2.42. The molecule has 1 saturated heterocycles. The molecular weight excluding hydrogens is 562 g/mol. The number of β-lactam (4-membered cyclic amide) rings is 1. The number of nitrogen functional groups attached to an aromatic ring is 1. The zero-order chi connectivity index (χ0) is 25.3. The fraction of sp³-hybridized carbons (Fsp3) is 0.353. The molecule has 13 nitrogen and oxygen atoms in total. The van der Waals surface area contributed by atoms with Gasteiger partial charge in [-0.05, 0) is 6.92 Å². The van der Waals surface area contributed by atoms with Gasteiger partial charge in [0.1, 0.15) is 33.6 Å². The van der Waals surface area contributed by atoms with Crippen molar-refractivity contribution in [3.05, 3.63) is 26.5 Å². The minimum atomic E-state index is -1.55. The lowest BCUT2D eigenvalue weighted by Crippen LogP contribution is -2.70. The van der Waals surface area contributed by atoms with Gasteiger partial charge in [-0.25, -0.2) is 9.78 Å². The summed E-state index contributed by atoms with van der Waals surface area (Å²) in [7, 11) is 1.24. The van der Waals surface area contributed by atoms with E-state index in [2.05, 4.69) is 25.7 Å². The van der Waals surface area contributed by atoms with Crippen LogP contribution in [0.2, 0.25) is 4.34 Å². The number of nitrogens with one attached hydrogen (secondary N) is 1. The van der Waals surface area contributed by atoms with Crippen LogP contribution in [0.3, 0.4) is 0 Å². The highest BCUT2D eigenvalue weighted by Gasteiger charge is 2.54. The van der Waals surface area contributed by atoms with Crippen LogP contribution in [0, 0.1) is 6.92 Å². The number of hydrogen-bond acceptors (Lipinski definition) is 14. The minimum Gasteiger partial charge on any atom is -0.449 e. The molecule has 1 fully saturated rings. The number of aryl methyl sites for hydroxylation is 1. The smallest absolute Gasteiger partial charge is 0.449 e. The van der Waals surface area contributed by atoms with Crippen LogP contribution in [0.5, 0.6) is 0 Å². The van der Waals surface area contributed by atoms with E-state index in [0.29, 0.717) is 21.4 Å². The first-order valence-electron chi connectivity index (χ1n) is 9.54. The number of nitrogens with two attached hydrogens (primary N) is 1. The van der Waals surface area contributed by atoms with Crippen LogP contribution >= 0.6 is 57.8 Å². The summed E-state index contributed by atoms with van der Waals surface area (Å²) in [6.45, 7) is 1.83. The van der Waals surface area contributed by atoms with Gasteiger partial charge in [0.15, 0.2) is 15.2 Å². The number of halogens is 1. The second kappa shape index (κ2) is 10.6. The molecule has 2 aromatic heterocycles. The van der Waals surface area contributed by atoms with Gasteiger partial charge in [0.05, 0.1) is 0 Å². The van der Waals surface area contributed by atoms with E-state index < -0.39 is 29.4 Å². The van der Waals surface area contributed by atoms with Gasteiger partial charge in [-0.3, -0.25) is 14.5 Å². The lowest BCUT2D eigenvalue weighted by Gasteiger charge is -2.49. The van der Waals surface area contributed by atoms with Crippen LogP contribution in [-0.4, -0.2) is 78.9 Å². The van der Waals surface area contributed by atoms with Crippen molar-refractivity contribution in [1.82, 2.24) is 25.4 Å². The second-order valence-corrected chi connectivity index (χ2v) is 12.0. The second-order valence-electron chi connectivity index (χ2n) is 6.81. The Labute approximate surface area is 219 Å². The van der Waals surface area contributed by atoms with Gasteiger partial charge in [-0.1, -0.05) is 51.2 Å². The van der Waals surface area contributed by atoms with Crippen LogP contribution in [0.4, 0.5) is 9.93 Å². The number of nitrogens with zero attached hydrogens (tertiary/aromatic N) is 5. The molecule has 186 valence electrons. The van der Waals surface area contributed by atoms with Crippen LogP contribution in [0.1, 0.15) is 10.7 Å². The Bertz CT molecular complexity index is 1250. The van der Waals surface area contributed by atoms with Gasteiger partial charge in [-0.15, -0.1) is 22.0 Å². The number of aromatic nitrogens is 3. The summed E-state index contributed by atoms with van der Waals surface area (Å²) in [5.74, 6) is -0.628. The number of carbonyl (C=O) groups excluding carboxylic acids is 2. The zero-order valence-corrected chi connectivity index (χ0v) is 21.9. The Morgan fingerprint density at radius 2 is 2.17 bits per heavy atom. The molecule has 0 aliphatic carbocycles. The number of thiazole rings is 1. The molecule has 2 aliphatic heterocycles. The molecule has 2 amide bonds. The van der Waals surface area contributed by atoms with Crippen molar-refractivity contribution in [2.24, 2.45) is 5.16 Å². The largest absolute Gasteiger partial charge is 0.512 e. The minimum absolute atomic E-state index is 0.0226. The number of oxime groups is 1. The molecule has 4 N–H and O–H groups in total. The Morgan fingerprint density at radius 1 is 1.40 bits per heavy atom. The van der Waals surface area contributed by atoms with Crippen molar-refractivity contribution in [1.29, 1.82) is 0 Å². The summed E-state index contributed by atoms with van der Waals surface area (Å²) in [5.41, 5.74) is 6.03. The van der Waals surface area contributed by atoms with E-state index in [1.807, 2.05) is 6.92 Å². The number of thioether (sulfide) groups is 2. The molecule has 4 heterocycles. The van der Waals surface area contributed by atoms with Crippen molar-refractivity contribution >= 4 is 86.6 Å². The van der Waals surface area contributed by atoms with Crippen molar-refractivity contribution in [2.45, 2.75) is 22.7 Å². The Hall–Kier alpha value is -2.60. The van der Waals surface area contributed by atoms with E-state index in [1.165, 1.54) is 46.9 Å². The third-order valence-electron chi connectivity index (χ3n) is 4.56. The number of amides is 2. The SMILES string of the molecule is CON=C(C(=O)NC1C(=O)N2C(OC(=O)O)=C(CSc3nnc(C)s3)CS[C@@H]12)c1nc(N)sc1Cl. The molecule has 2 aromatic rings. The fourth-order valence-electron chi connectivity index (χ4n) is 3.15. The van der Waals surface area contributed by atoms with Crippen LogP contribution < -0.4 is 11.1 Å². The number of anilines is 1. The molecule has 0 aromatic carbocycles. The fourth-order valence-corrected chi connectivity index (χ4v) is 7.34. The number of fused-ring (bicyclic) bond motifs is 1. The first-order valence-corrected chi connectivity index (χ1v) is 13.6. The van der Waals surface area contributed by atoms with Crippen molar-refractivity contribution in [3.63, 3.8) is 0 Å². The highest BCUT2D eigenvalue weighted by atomic mass is 35.5. The average Bonchev–Trinajstić information content (AvgIpc) is 3.37. The lowest BCUT2D eigenvalue weighted by molar-refractivity contribution is -0.148. The summed E-state index contributed by atoms with van der Waals surface area (Å²) in [4.78, 5) is 47.2. The molecular formula is C17H16ClN7O6S4. The maximum absolute atomic E-state index is 13.0. The molecule has 1 unspecified atom stereocenters. The van der Waals surface area contributed by atoms with E-state index in [1.54, 1.807) is 0 Å². The lowest BCUT2D eigenvalue weighted by atomic mass is 10.1. The number of carboxylic acid groups (broad SMARTS) is 1. The van der Waals surface area contributed by atoms with Crippen molar-refractivity contribution < 1.29 is 29.1 Å². The standard InChI is InChI=1S/C17H16ClN7O6S4/c1-5-22-23-16(34-5)33-4-6-3-32-14-9(12(27)25(14)13(6)31-17(28)29)20-11(26)8(24-30-2)7-10(18)35-15(19)21-7/h9,14H,3-4H2,1-2H3,(H2,19,21)(H,20,26)(H,28,29)/t9?,14-/m0/s1. The third kappa shape index (κ3) is 5.32. The molecule has 2 atom stereocenters. The van der Waals surface area contributed by atoms with Crippen LogP contribution in [0.25, 0.3) is 0 Å². The Kier molecular flexibility index (Phi) is 7.70. The van der Waals surface area contributed by atoms with Crippen molar-refractivity contribution in [3.8, 4) is 0 Å². The van der Waals surface area contributed by atoms with Gasteiger partial charge < -0.3 is 25.7 Å². The van der Waals surface area contributed by atoms with Crippen LogP contribution in [0.15, 0.2) is 21.0 Å². The number of ether oxygens (including phenoxy) is 1. The van der Waals surface area contributed by atoms with Gasteiger partial charge in [0, 0.05) is 17.1 Å². The molecule has 2 aliphatic rings. The quantitative estimate of drug-likeness (QED) is 0.136. The summed E-state index contributed by atoms with van der Waals surface area (Å²) in [6.07, 6.45) is -1.55. The maximum atomic E-state index is 13.0. The van der Waals surface area contributed by atoms with Crippen LogP contribution in [-0.2, 0) is 19.2 Å². The molecule has 18 heteroatoms. The van der Waals surface area contributed by atoms with E-state index in [4.69, 9.17) is 26.9 Å². The average molecular weight is 578 g/mol. The summed E-state index contributed by atoms with van der Waals surface area (Å²) in [5, 5.41) is 23.8. The van der Waals surface area contributed by atoms with E-state index in [0.717, 1.165) is 16.3 Å². The summed E-state index contributed by atoms with van der Waals surface area (Å²) in [6, 6.07) is -0.961. The first kappa shape index (κ1) is 25.5. The predicted octanol–water partition coefficient (Wildman–Crippen LogP) is 1.99. The number of carbonyl (C=O) groups is 3. The van der Waals surface area contributed by atoms with E-state index in [9.17, 15) is 19.5 Å². The van der Waals surface area contributed by atoms with Gasteiger partial charge in [0.25, 0.3) is 11.8 Å². The molecule has 0 bridgehead atoms. The normalized spacial score (nSPS) is 19.8. The molecule has 0 spiro atoms.